The molecule has 1 aliphatic heterocycles. The average Bonchev–Trinajstić information content (AvgIpc) is 3.08. The number of imidazole rings is 1. The van der Waals surface area contributed by atoms with E-state index in [2.05, 4.69) is 29.8 Å². The molecule has 0 atom stereocenters. The number of ether oxygens (including phenoxy) is 1. The molecule has 0 aliphatic carbocycles. The van der Waals surface area contributed by atoms with Gasteiger partial charge in [0.05, 0.1) is 12.9 Å². The molecule has 8 heteroatoms. The van der Waals surface area contributed by atoms with Crippen LogP contribution in [0.5, 0.6) is 11.5 Å². The van der Waals surface area contributed by atoms with Crippen molar-refractivity contribution in [3.8, 4) is 22.6 Å². The van der Waals surface area contributed by atoms with Crippen LogP contribution in [-0.4, -0.2) is 43.2 Å². The SMILES string of the molecule is Oc1cc(-c2cccnc2)cc2c1OCCN(c1ncnc3nc[nH]c13)C2. The number of hydrogen-bond acceptors (Lipinski definition) is 7. The summed E-state index contributed by atoms with van der Waals surface area (Å²) >= 11 is 0. The van der Waals surface area contributed by atoms with Crippen molar-refractivity contribution in [1.82, 2.24) is 24.9 Å². The standard InChI is InChI=1S/C19H16N6O2/c26-15-7-13(12-2-1-3-20-8-12)6-14-9-25(4-5-27-17(14)15)19-16-18(22-10-21-16)23-11-24-19/h1-3,6-8,10-11,26H,4-5,9H2,(H,21,22,23,24). The lowest BCUT2D eigenvalue weighted by Gasteiger charge is -2.21. The molecule has 27 heavy (non-hydrogen) atoms. The van der Waals surface area contributed by atoms with Crippen molar-refractivity contribution in [3.05, 3.63) is 54.9 Å². The monoisotopic (exact) mass is 360 g/mol. The number of anilines is 1. The number of hydrogen-bond donors (Lipinski definition) is 2. The van der Waals surface area contributed by atoms with Gasteiger partial charge in [-0.1, -0.05) is 6.07 Å². The smallest absolute Gasteiger partial charge is 0.182 e. The van der Waals surface area contributed by atoms with Gasteiger partial charge in [-0.3, -0.25) is 4.98 Å². The van der Waals surface area contributed by atoms with Crippen LogP contribution < -0.4 is 9.64 Å². The van der Waals surface area contributed by atoms with Crippen LogP contribution in [0.25, 0.3) is 22.3 Å². The summed E-state index contributed by atoms with van der Waals surface area (Å²) in [7, 11) is 0. The highest BCUT2D eigenvalue weighted by molar-refractivity contribution is 5.83. The summed E-state index contributed by atoms with van der Waals surface area (Å²) in [5, 5.41) is 10.5. The minimum absolute atomic E-state index is 0.127. The van der Waals surface area contributed by atoms with Crippen molar-refractivity contribution in [2.75, 3.05) is 18.1 Å². The van der Waals surface area contributed by atoms with Crippen LogP contribution in [0.4, 0.5) is 5.82 Å². The van der Waals surface area contributed by atoms with Gasteiger partial charge in [0, 0.05) is 30.1 Å². The van der Waals surface area contributed by atoms with Gasteiger partial charge in [0.25, 0.3) is 0 Å². The Labute approximate surface area is 154 Å². The van der Waals surface area contributed by atoms with E-state index in [1.165, 1.54) is 6.33 Å². The van der Waals surface area contributed by atoms with Gasteiger partial charge in [-0.2, -0.15) is 0 Å². The first-order chi connectivity index (χ1) is 13.3. The summed E-state index contributed by atoms with van der Waals surface area (Å²) in [6, 6.07) is 7.57. The number of phenolic OH excluding ortho intramolecular Hbond substituents is 1. The Morgan fingerprint density at radius 2 is 2.11 bits per heavy atom. The molecular weight excluding hydrogens is 344 g/mol. The summed E-state index contributed by atoms with van der Waals surface area (Å²) < 4.78 is 5.84. The van der Waals surface area contributed by atoms with Crippen molar-refractivity contribution >= 4 is 17.0 Å². The third-order valence-corrected chi connectivity index (χ3v) is 4.61. The van der Waals surface area contributed by atoms with Gasteiger partial charge < -0.3 is 19.7 Å². The van der Waals surface area contributed by atoms with E-state index in [1.807, 2.05) is 18.2 Å². The molecule has 4 aromatic rings. The number of H-pyrrole nitrogens is 1. The molecular formula is C19H16N6O2. The molecule has 0 bridgehead atoms. The molecule has 0 unspecified atom stereocenters. The summed E-state index contributed by atoms with van der Waals surface area (Å²) in [6.07, 6.45) is 6.61. The Kier molecular flexibility index (Phi) is 3.60. The van der Waals surface area contributed by atoms with Crippen molar-refractivity contribution in [2.24, 2.45) is 0 Å². The largest absolute Gasteiger partial charge is 0.504 e. The van der Waals surface area contributed by atoms with Crippen molar-refractivity contribution in [2.45, 2.75) is 6.54 Å². The van der Waals surface area contributed by atoms with E-state index < -0.39 is 0 Å². The first kappa shape index (κ1) is 15.6. The lowest BCUT2D eigenvalue weighted by Crippen LogP contribution is -2.26. The number of pyridine rings is 1. The number of nitrogens with one attached hydrogen (secondary N) is 1. The summed E-state index contributed by atoms with van der Waals surface area (Å²) in [5.41, 5.74) is 4.12. The summed E-state index contributed by atoms with van der Waals surface area (Å²) in [6.45, 7) is 1.61. The van der Waals surface area contributed by atoms with Gasteiger partial charge in [-0.15, -0.1) is 0 Å². The first-order valence-electron chi connectivity index (χ1n) is 8.58. The Bertz CT molecular complexity index is 1110. The Balaban J connectivity index is 1.58. The topological polar surface area (TPSA) is 100 Å². The summed E-state index contributed by atoms with van der Waals surface area (Å²) in [4.78, 5) is 22.2. The molecule has 1 aromatic carbocycles. The molecule has 0 fully saturated rings. The van der Waals surface area contributed by atoms with Gasteiger partial charge in [0.15, 0.2) is 23.0 Å². The average molecular weight is 360 g/mol. The molecule has 134 valence electrons. The normalized spacial score (nSPS) is 13.9. The molecule has 5 rings (SSSR count). The zero-order chi connectivity index (χ0) is 18.2. The zero-order valence-corrected chi connectivity index (χ0v) is 14.3. The van der Waals surface area contributed by atoms with Crippen LogP contribution in [0, 0.1) is 0 Å². The van der Waals surface area contributed by atoms with Crippen LogP contribution in [0.1, 0.15) is 5.56 Å². The van der Waals surface area contributed by atoms with E-state index in [-0.39, 0.29) is 5.75 Å². The molecule has 4 heterocycles. The highest BCUT2D eigenvalue weighted by atomic mass is 16.5. The number of benzene rings is 1. The van der Waals surface area contributed by atoms with E-state index in [0.717, 1.165) is 28.0 Å². The zero-order valence-electron chi connectivity index (χ0n) is 14.3. The van der Waals surface area contributed by atoms with Crippen LogP contribution in [-0.2, 0) is 6.54 Å². The third kappa shape index (κ3) is 2.71. The molecule has 3 aromatic heterocycles. The number of rotatable bonds is 2. The van der Waals surface area contributed by atoms with E-state index in [0.29, 0.717) is 31.1 Å². The fourth-order valence-electron chi connectivity index (χ4n) is 3.37. The second-order valence-electron chi connectivity index (χ2n) is 6.29. The van der Waals surface area contributed by atoms with Crippen molar-refractivity contribution < 1.29 is 9.84 Å². The molecule has 0 radical (unpaired) electrons. The highest BCUT2D eigenvalue weighted by Gasteiger charge is 2.22. The minimum atomic E-state index is 0.127. The van der Waals surface area contributed by atoms with Crippen LogP contribution in [0.15, 0.2) is 49.3 Å². The van der Waals surface area contributed by atoms with E-state index in [1.54, 1.807) is 24.8 Å². The maximum absolute atomic E-state index is 10.5. The Morgan fingerprint density at radius 3 is 3.00 bits per heavy atom. The van der Waals surface area contributed by atoms with E-state index >= 15 is 0 Å². The molecule has 0 saturated carbocycles. The van der Waals surface area contributed by atoms with Crippen LogP contribution in [0.3, 0.4) is 0 Å². The number of nitrogens with zero attached hydrogens (tertiary/aromatic N) is 5. The van der Waals surface area contributed by atoms with Gasteiger partial charge in [0.1, 0.15) is 18.5 Å². The second kappa shape index (κ2) is 6.24. The molecule has 0 amide bonds. The van der Waals surface area contributed by atoms with Gasteiger partial charge in [0.2, 0.25) is 0 Å². The van der Waals surface area contributed by atoms with Crippen molar-refractivity contribution in [3.63, 3.8) is 0 Å². The fraction of sp³-hybridized carbons (Fsp3) is 0.158. The number of aromatic amines is 1. The Hall–Kier alpha value is -3.68. The van der Waals surface area contributed by atoms with Gasteiger partial charge >= 0.3 is 0 Å². The Morgan fingerprint density at radius 1 is 1.15 bits per heavy atom. The fourth-order valence-corrected chi connectivity index (χ4v) is 3.37. The maximum Gasteiger partial charge on any atom is 0.182 e. The first-order valence-corrected chi connectivity index (χ1v) is 8.58. The number of fused-ring (bicyclic) bond motifs is 2. The second-order valence-corrected chi connectivity index (χ2v) is 6.29. The lowest BCUT2D eigenvalue weighted by atomic mass is 10.0. The van der Waals surface area contributed by atoms with Crippen molar-refractivity contribution in [1.29, 1.82) is 0 Å². The molecule has 1 aliphatic rings. The molecule has 0 saturated heterocycles. The number of phenols is 1. The minimum Gasteiger partial charge on any atom is -0.504 e. The summed E-state index contributed by atoms with van der Waals surface area (Å²) in [5.74, 6) is 1.41. The quantitative estimate of drug-likeness (QED) is 0.566. The number of aromatic nitrogens is 5. The molecule has 2 N–H and O–H groups in total. The predicted molar refractivity (Wildman–Crippen MR) is 99.6 cm³/mol. The van der Waals surface area contributed by atoms with Gasteiger partial charge in [-0.25, -0.2) is 15.0 Å². The lowest BCUT2D eigenvalue weighted by molar-refractivity contribution is 0.312. The molecule has 8 nitrogen and oxygen atoms in total. The van der Waals surface area contributed by atoms with Gasteiger partial charge in [-0.05, 0) is 23.8 Å². The number of aromatic hydroxyl groups is 1. The predicted octanol–water partition coefficient (Wildman–Crippen LogP) is 2.52. The maximum atomic E-state index is 10.5. The third-order valence-electron chi connectivity index (χ3n) is 4.61. The van der Waals surface area contributed by atoms with E-state index in [4.69, 9.17) is 4.74 Å². The van der Waals surface area contributed by atoms with E-state index in [9.17, 15) is 5.11 Å². The molecule has 0 spiro atoms. The van der Waals surface area contributed by atoms with Crippen LogP contribution in [0.2, 0.25) is 0 Å². The highest BCUT2D eigenvalue weighted by Crippen LogP contribution is 2.38. The van der Waals surface area contributed by atoms with Crippen LogP contribution >= 0.6 is 0 Å².